The van der Waals surface area contributed by atoms with Crippen LogP contribution in [0.1, 0.15) is 5.56 Å². The van der Waals surface area contributed by atoms with Gasteiger partial charge in [0.1, 0.15) is 5.82 Å². The molecule has 2 nitrogen and oxygen atoms in total. The summed E-state index contributed by atoms with van der Waals surface area (Å²) < 4.78 is 12.8. The van der Waals surface area contributed by atoms with Gasteiger partial charge in [-0.25, -0.2) is 4.39 Å². The van der Waals surface area contributed by atoms with Crippen LogP contribution in [-0.4, -0.2) is 13.1 Å². The van der Waals surface area contributed by atoms with E-state index >= 15 is 0 Å². The number of nitrogens with two attached hydrogens (primary N) is 1. The summed E-state index contributed by atoms with van der Waals surface area (Å²) in [6.07, 6.45) is 0. The van der Waals surface area contributed by atoms with E-state index < -0.39 is 0 Å². The lowest BCUT2D eigenvalue weighted by molar-refractivity contribution is 0.286. The van der Waals surface area contributed by atoms with Crippen LogP contribution in [0.3, 0.4) is 0 Å². The van der Waals surface area contributed by atoms with Crippen molar-refractivity contribution in [3.05, 3.63) is 35.6 Å². The van der Waals surface area contributed by atoms with E-state index in [0.717, 1.165) is 18.7 Å². The highest BCUT2D eigenvalue weighted by Crippen LogP contribution is 2.22. The molecule has 12 heavy (non-hydrogen) atoms. The predicted octanol–water partition coefficient (Wildman–Crippen LogP) is 0.583. The van der Waals surface area contributed by atoms with Crippen LogP contribution in [0.4, 0.5) is 4.39 Å². The van der Waals surface area contributed by atoms with Gasteiger partial charge in [0.15, 0.2) is 0 Å². The highest BCUT2D eigenvalue weighted by atomic mass is 19.1. The molecule has 0 aromatic heterocycles. The van der Waals surface area contributed by atoms with Crippen LogP contribution in [0, 0.1) is 5.82 Å². The number of hydrogen-bond donors (Lipinski definition) is 2. The van der Waals surface area contributed by atoms with Gasteiger partial charge < -0.3 is 11.1 Å². The molecule has 0 saturated carbocycles. The highest BCUT2D eigenvalue weighted by molar-refractivity contribution is 5.28. The van der Waals surface area contributed by atoms with Gasteiger partial charge in [-0.2, -0.15) is 0 Å². The minimum absolute atomic E-state index is 0.218. The van der Waals surface area contributed by atoms with Gasteiger partial charge in [-0.05, 0) is 17.7 Å². The Morgan fingerprint density at radius 3 is 2.67 bits per heavy atom. The van der Waals surface area contributed by atoms with E-state index in [4.69, 9.17) is 5.73 Å². The predicted molar refractivity (Wildman–Crippen MR) is 45.1 cm³/mol. The molecule has 1 saturated heterocycles. The summed E-state index contributed by atoms with van der Waals surface area (Å²) in [5, 5.41) is 3.07. The number of hydrogen-bond acceptors (Lipinski definition) is 2. The molecule has 0 aliphatic carbocycles. The van der Waals surface area contributed by atoms with Crippen molar-refractivity contribution < 1.29 is 4.39 Å². The number of benzene rings is 1. The molecule has 0 bridgehead atoms. The zero-order valence-electron chi connectivity index (χ0n) is 6.68. The minimum Gasteiger partial charge on any atom is -0.319 e. The van der Waals surface area contributed by atoms with Crippen molar-refractivity contribution >= 4 is 0 Å². The number of halogens is 1. The number of rotatable bonds is 1. The molecule has 3 N–H and O–H groups in total. The summed E-state index contributed by atoms with van der Waals surface area (Å²) in [5.74, 6) is -0.218. The molecule has 0 atom stereocenters. The lowest BCUT2D eigenvalue weighted by Gasteiger charge is -2.39. The first kappa shape index (κ1) is 7.71. The average molecular weight is 166 g/mol. The quantitative estimate of drug-likeness (QED) is 0.640. The van der Waals surface area contributed by atoms with Crippen molar-refractivity contribution in [3.63, 3.8) is 0 Å². The summed E-state index contributed by atoms with van der Waals surface area (Å²) in [6, 6.07) is 6.49. The Labute approximate surface area is 70.6 Å². The van der Waals surface area contributed by atoms with E-state index in [2.05, 4.69) is 5.32 Å². The largest absolute Gasteiger partial charge is 0.319 e. The molecule has 64 valence electrons. The molecule has 1 fully saturated rings. The first-order valence-electron chi connectivity index (χ1n) is 3.96. The van der Waals surface area contributed by atoms with Gasteiger partial charge in [0.05, 0.1) is 5.54 Å². The van der Waals surface area contributed by atoms with Crippen LogP contribution in [-0.2, 0) is 5.54 Å². The van der Waals surface area contributed by atoms with Crippen molar-refractivity contribution in [2.45, 2.75) is 5.54 Å². The molecule has 1 aromatic rings. The van der Waals surface area contributed by atoms with E-state index in [9.17, 15) is 4.39 Å². The summed E-state index contributed by atoms with van der Waals surface area (Å²) in [6.45, 7) is 1.47. The van der Waals surface area contributed by atoms with Crippen molar-refractivity contribution in [1.82, 2.24) is 5.32 Å². The Balaban J connectivity index is 2.33. The van der Waals surface area contributed by atoms with Crippen LogP contribution in [0.5, 0.6) is 0 Å². The van der Waals surface area contributed by atoms with Gasteiger partial charge in [0, 0.05) is 13.1 Å². The third-order valence-electron chi connectivity index (χ3n) is 2.28. The topological polar surface area (TPSA) is 38.0 Å². The van der Waals surface area contributed by atoms with Gasteiger partial charge in [-0.3, -0.25) is 0 Å². The summed E-state index contributed by atoms with van der Waals surface area (Å²) in [4.78, 5) is 0. The summed E-state index contributed by atoms with van der Waals surface area (Å²) in [5.41, 5.74) is 6.49. The van der Waals surface area contributed by atoms with E-state index in [1.54, 1.807) is 6.07 Å². The molecule has 0 amide bonds. The molecule has 1 aliphatic heterocycles. The fourth-order valence-electron chi connectivity index (χ4n) is 1.40. The van der Waals surface area contributed by atoms with Gasteiger partial charge in [-0.1, -0.05) is 12.1 Å². The van der Waals surface area contributed by atoms with Crippen LogP contribution < -0.4 is 11.1 Å². The maximum atomic E-state index is 12.8. The zero-order valence-corrected chi connectivity index (χ0v) is 6.68. The van der Waals surface area contributed by atoms with Crippen molar-refractivity contribution in [2.24, 2.45) is 5.73 Å². The van der Waals surface area contributed by atoms with Crippen molar-refractivity contribution in [2.75, 3.05) is 13.1 Å². The SMILES string of the molecule is NC1(c2cccc(F)c2)CNC1. The zero-order chi connectivity index (χ0) is 8.60. The molecule has 3 heteroatoms. The second-order valence-corrected chi connectivity index (χ2v) is 3.27. The molecule has 1 aromatic carbocycles. The smallest absolute Gasteiger partial charge is 0.123 e. The van der Waals surface area contributed by atoms with Gasteiger partial charge >= 0.3 is 0 Å². The monoisotopic (exact) mass is 166 g/mol. The van der Waals surface area contributed by atoms with Crippen molar-refractivity contribution in [3.8, 4) is 0 Å². The first-order chi connectivity index (χ1) is 5.71. The fourth-order valence-corrected chi connectivity index (χ4v) is 1.40. The molecule has 1 aliphatic rings. The van der Waals surface area contributed by atoms with E-state index in [0.29, 0.717) is 0 Å². The normalized spacial score (nSPS) is 20.2. The first-order valence-corrected chi connectivity index (χ1v) is 3.96. The van der Waals surface area contributed by atoms with Crippen LogP contribution in [0.2, 0.25) is 0 Å². The maximum Gasteiger partial charge on any atom is 0.123 e. The Morgan fingerprint density at radius 1 is 1.42 bits per heavy atom. The lowest BCUT2D eigenvalue weighted by Crippen LogP contribution is -2.62. The Kier molecular flexibility index (Phi) is 1.63. The van der Waals surface area contributed by atoms with E-state index in [1.807, 2.05) is 6.07 Å². The van der Waals surface area contributed by atoms with Gasteiger partial charge in [0.2, 0.25) is 0 Å². The third-order valence-corrected chi connectivity index (χ3v) is 2.28. The highest BCUT2D eigenvalue weighted by Gasteiger charge is 2.34. The van der Waals surface area contributed by atoms with Gasteiger partial charge in [-0.15, -0.1) is 0 Å². The molecular formula is C9H11FN2. The molecular weight excluding hydrogens is 155 g/mol. The molecule has 2 rings (SSSR count). The van der Waals surface area contributed by atoms with Crippen LogP contribution in [0.25, 0.3) is 0 Å². The fraction of sp³-hybridized carbons (Fsp3) is 0.333. The Morgan fingerprint density at radius 2 is 2.17 bits per heavy atom. The second kappa shape index (κ2) is 2.54. The van der Waals surface area contributed by atoms with Crippen molar-refractivity contribution in [1.29, 1.82) is 0 Å². The summed E-state index contributed by atoms with van der Waals surface area (Å²) >= 11 is 0. The standard InChI is InChI=1S/C9H11FN2/c10-8-3-1-2-7(4-8)9(11)5-12-6-9/h1-4,12H,5-6,11H2. The van der Waals surface area contributed by atoms with E-state index in [1.165, 1.54) is 12.1 Å². The lowest BCUT2D eigenvalue weighted by atomic mass is 9.85. The number of nitrogens with one attached hydrogen (secondary N) is 1. The molecule has 1 heterocycles. The Bertz CT molecular complexity index is 294. The van der Waals surface area contributed by atoms with Gasteiger partial charge in [0.25, 0.3) is 0 Å². The molecule has 0 radical (unpaired) electrons. The Hall–Kier alpha value is -0.930. The van der Waals surface area contributed by atoms with Crippen LogP contribution in [0.15, 0.2) is 24.3 Å². The van der Waals surface area contributed by atoms with E-state index in [-0.39, 0.29) is 11.4 Å². The third kappa shape index (κ3) is 1.11. The summed E-state index contributed by atoms with van der Waals surface area (Å²) in [7, 11) is 0. The maximum absolute atomic E-state index is 12.8. The second-order valence-electron chi connectivity index (χ2n) is 3.27. The van der Waals surface area contributed by atoms with Crippen LogP contribution >= 0.6 is 0 Å². The molecule has 0 unspecified atom stereocenters. The molecule has 0 spiro atoms. The minimum atomic E-state index is -0.345. The average Bonchev–Trinajstić information content (AvgIpc) is 2.00.